The number of carbonyl (C=O) groups excluding carboxylic acids is 1. The van der Waals surface area contributed by atoms with Gasteiger partial charge < -0.3 is 19.1 Å². The Morgan fingerprint density at radius 3 is 2.55 bits per heavy atom. The number of ether oxygens (including phenoxy) is 3. The molecule has 4 rings (SSSR count). The number of methoxy groups -OCH3 is 2. The first-order chi connectivity index (χ1) is 14.1. The Balaban J connectivity index is 1.78. The number of aromatic nitrogens is 1. The molecule has 3 aromatic rings. The summed E-state index contributed by atoms with van der Waals surface area (Å²) in [6.07, 6.45) is 1.70. The molecule has 1 saturated heterocycles. The van der Waals surface area contributed by atoms with Crippen molar-refractivity contribution in [3.8, 4) is 17.2 Å². The third-order valence-electron chi connectivity index (χ3n) is 5.07. The molecule has 0 saturated carbocycles. The van der Waals surface area contributed by atoms with E-state index in [1.165, 1.54) is 11.7 Å². The lowest BCUT2D eigenvalue weighted by atomic mass is 10.1. The highest BCUT2D eigenvalue weighted by Crippen LogP contribution is 2.29. The molecule has 1 aliphatic heterocycles. The zero-order chi connectivity index (χ0) is 20.4. The van der Waals surface area contributed by atoms with Crippen LogP contribution in [0.5, 0.6) is 11.5 Å². The first-order valence-electron chi connectivity index (χ1n) is 9.37. The maximum absolute atomic E-state index is 13.2. The highest BCUT2D eigenvalue weighted by atomic mass is 16.5. The van der Waals surface area contributed by atoms with Crippen molar-refractivity contribution in [1.29, 1.82) is 0 Å². The van der Waals surface area contributed by atoms with Crippen LogP contribution in [0.3, 0.4) is 0 Å². The maximum atomic E-state index is 13.2. The number of fused-ring (bicyclic) bond motifs is 1. The number of morpholine rings is 1. The molecule has 1 amide bonds. The van der Waals surface area contributed by atoms with Crippen LogP contribution in [-0.4, -0.2) is 55.9 Å². The average Bonchev–Trinajstić information content (AvgIpc) is 2.78. The molecule has 0 spiro atoms. The number of benzene rings is 2. The van der Waals surface area contributed by atoms with E-state index in [-0.39, 0.29) is 11.5 Å². The van der Waals surface area contributed by atoms with Gasteiger partial charge in [-0.25, -0.2) is 0 Å². The van der Waals surface area contributed by atoms with E-state index in [0.29, 0.717) is 54.4 Å². The lowest BCUT2D eigenvalue weighted by Crippen LogP contribution is -2.40. The molecule has 1 aromatic heterocycles. The second-order valence-electron chi connectivity index (χ2n) is 6.74. The third kappa shape index (κ3) is 3.56. The van der Waals surface area contributed by atoms with Gasteiger partial charge in [0.1, 0.15) is 11.5 Å². The number of pyridine rings is 1. The normalized spacial score (nSPS) is 14.1. The molecular weight excluding hydrogens is 372 g/mol. The van der Waals surface area contributed by atoms with Crippen molar-refractivity contribution in [2.45, 2.75) is 0 Å². The van der Waals surface area contributed by atoms with Gasteiger partial charge in [-0.3, -0.25) is 14.2 Å². The maximum Gasteiger partial charge on any atom is 0.266 e. The predicted octanol–water partition coefficient (Wildman–Crippen LogP) is 2.48. The topological polar surface area (TPSA) is 70.0 Å². The second-order valence-corrected chi connectivity index (χ2v) is 6.74. The fraction of sp³-hybridized carbons (Fsp3) is 0.273. The number of hydrogen-bond acceptors (Lipinski definition) is 5. The molecule has 0 radical (unpaired) electrons. The number of hydrogen-bond donors (Lipinski definition) is 0. The molecule has 0 N–H and O–H groups in total. The number of rotatable bonds is 4. The van der Waals surface area contributed by atoms with Crippen molar-refractivity contribution < 1.29 is 19.0 Å². The summed E-state index contributed by atoms with van der Waals surface area (Å²) < 4.78 is 17.5. The van der Waals surface area contributed by atoms with Gasteiger partial charge in [0.25, 0.3) is 11.5 Å². The van der Waals surface area contributed by atoms with Crippen LogP contribution in [0.15, 0.2) is 53.5 Å². The van der Waals surface area contributed by atoms with Gasteiger partial charge in [-0.1, -0.05) is 6.07 Å². The Morgan fingerprint density at radius 1 is 1.03 bits per heavy atom. The van der Waals surface area contributed by atoms with Crippen LogP contribution in [0.2, 0.25) is 0 Å². The van der Waals surface area contributed by atoms with E-state index < -0.39 is 0 Å². The summed E-state index contributed by atoms with van der Waals surface area (Å²) in [7, 11) is 3.09. The molecule has 150 valence electrons. The van der Waals surface area contributed by atoms with E-state index >= 15 is 0 Å². The van der Waals surface area contributed by atoms with Crippen LogP contribution in [0.1, 0.15) is 10.4 Å². The molecule has 2 heterocycles. The third-order valence-corrected chi connectivity index (χ3v) is 5.07. The van der Waals surface area contributed by atoms with Crippen molar-refractivity contribution in [1.82, 2.24) is 9.47 Å². The summed E-state index contributed by atoms with van der Waals surface area (Å²) in [6.45, 7) is 2.22. The van der Waals surface area contributed by atoms with Crippen LogP contribution in [0.25, 0.3) is 16.5 Å². The standard InChI is InChI=1S/C22H22N2O5/c1-27-18-13-15-6-7-24(22(26)20(15)19(14-18)28-2)17-5-3-4-16(12-17)21(25)23-8-10-29-11-9-23/h3-7,12-14H,8-11H2,1-2H3. The number of carbonyl (C=O) groups is 1. The van der Waals surface area contributed by atoms with E-state index in [4.69, 9.17) is 14.2 Å². The first kappa shape index (κ1) is 19.0. The molecule has 0 bridgehead atoms. The van der Waals surface area contributed by atoms with Gasteiger partial charge >= 0.3 is 0 Å². The molecule has 29 heavy (non-hydrogen) atoms. The number of nitrogens with zero attached hydrogens (tertiary/aromatic N) is 2. The highest BCUT2D eigenvalue weighted by Gasteiger charge is 2.19. The lowest BCUT2D eigenvalue weighted by Gasteiger charge is -2.27. The van der Waals surface area contributed by atoms with E-state index in [0.717, 1.165) is 5.39 Å². The van der Waals surface area contributed by atoms with Crippen LogP contribution in [0.4, 0.5) is 0 Å². The van der Waals surface area contributed by atoms with Crippen LogP contribution in [0, 0.1) is 0 Å². The zero-order valence-corrected chi connectivity index (χ0v) is 16.4. The minimum atomic E-state index is -0.224. The van der Waals surface area contributed by atoms with Crippen molar-refractivity contribution in [3.05, 3.63) is 64.6 Å². The van der Waals surface area contributed by atoms with Crippen molar-refractivity contribution in [2.75, 3.05) is 40.5 Å². The summed E-state index contributed by atoms with van der Waals surface area (Å²) in [5.41, 5.74) is 0.935. The van der Waals surface area contributed by atoms with E-state index in [2.05, 4.69) is 0 Å². The first-order valence-corrected chi connectivity index (χ1v) is 9.37. The average molecular weight is 394 g/mol. The molecule has 0 unspecified atom stereocenters. The van der Waals surface area contributed by atoms with Crippen LogP contribution >= 0.6 is 0 Å². The van der Waals surface area contributed by atoms with Crippen LogP contribution < -0.4 is 15.0 Å². The largest absolute Gasteiger partial charge is 0.497 e. The van der Waals surface area contributed by atoms with Crippen LogP contribution in [-0.2, 0) is 4.74 Å². The van der Waals surface area contributed by atoms with E-state index in [1.54, 1.807) is 54.6 Å². The van der Waals surface area contributed by atoms with E-state index in [9.17, 15) is 9.59 Å². The van der Waals surface area contributed by atoms with Crippen molar-refractivity contribution in [2.24, 2.45) is 0 Å². The minimum Gasteiger partial charge on any atom is -0.497 e. The van der Waals surface area contributed by atoms with Crippen molar-refractivity contribution in [3.63, 3.8) is 0 Å². The van der Waals surface area contributed by atoms with Gasteiger partial charge in [-0.15, -0.1) is 0 Å². The molecule has 7 heteroatoms. The zero-order valence-electron chi connectivity index (χ0n) is 16.4. The fourth-order valence-corrected chi connectivity index (χ4v) is 3.53. The number of amides is 1. The Kier molecular flexibility index (Phi) is 5.22. The van der Waals surface area contributed by atoms with Crippen molar-refractivity contribution >= 4 is 16.7 Å². The highest BCUT2D eigenvalue weighted by molar-refractivity contribution is 5.95. The Hall–Kier alpha value is -3.32. The molecule has 1 fully saturated rings. The van der Waals surface area contributed by atoms with Gasteiger partial charge in [-0.05, 0) is 35.7 Å². The summed E-state index contributed by atoms with van der Waals surface area (Å²) in [6, 6.07) is 12.4. The SMILES string of the molecule is COc1cc(OC)c2c(=O)n(-c3cccc(C(=O)N4CCOCC4)c3)ccc2c1. The Morgan fingerprint density at radius 2 is 1.83 bits per heavy atom. The lowest BCUT2D eigenvalue weighted by molar-refractivity contribution is 0.0303. The summed E-state index contributed by atoms with van der Waals surface area (Å²) in [4.78, 5) is 27.8. The quantitative estimate of drug-likeness (QED) is 0.680. The Labute approximate surface area is 168 Å². The smallest absolute Gasteiger partial charge is 0.266 e. The van der Waals surface area contributed by atoms with E-state index in [1.807, 2.05) is 6.07 Å². The molecule has 0 atom stereocenters. The van der Waals surface area contributed by atoms with Gasteiger partial charge in [-0.2, -0.15) is 0 Å². The van der Waals surface area contributed by atoms with Gasteiger partial charge in [0.05, 0.1) is 32.8 Å². The van der Waals surface area contributed by atoms with Gasteiger partial charge in [0.2, 0.25) is 0 Å². The monoisotopic (exact) mass is 394 g/mol. The summed E-state index contributed by atoms with van der Waals surface area (Å²) in [5.74, 6) is 0.996. The molecule has 7 nitrogen and oxygen atoms in total. The molecule has 0 aliphatic carbocycles. The molecule has 1 aliphatic rings. The van der Waals surface area contributed by atoms with Gasteiger partial charge in [0, 0.05) is 36.6 Å². The molecular formula is C22H22N2O5. The Bertz CT molecular complexity index is 1120. The minimum absolute atomic E-state index is 0.0636. The fourth-order valence-electron chi connectivity index (χ4n) is 3.53. The summed E-state index contributed by atoms with van der Waals surface area (Å²) >= 11 is 0. The second kappa shape index (κ2) is 7.97. The molecule has 2 aromatic carbocycles. The van der Waals surface area contributed by atoms with Gasteiger partial charge in [0.15, 0.2) is 0 Å². The summed E-state index contributed by atoms with van der Waals surface area (Å²) in [5, 5.41) is 1.18. The predicted molar refractivity (Wildman–Crippen MR) is 109 cm³/mol.